The first-order valence-corrected chi connectivity index (χ1v) is 8.66. The first-order chi connectivity index (χ1) is 13.9. The number of aryl methyl sites for hydroxylation is 1. The van der Waals surface area contributed by atoms with Gasteiger partial charge in [0.2, 0.25) is 5.95 Å². The van der Waals surface area contributed by atoms with Crippen molar-refractivity contribution in [1.82, 2.24) is 14.5 Å². The highest BCUT2D eigenvalue weighted by Crippen LogP contribution is 2.29. The molecule has 29 heavy (non-hydrogen) atoms. The highest BCUT2D eigenvalue weighted by Gasteiger charge is 2.17. The molecule has 0 atom stereocenters. The van der Waals surface area contributed by atoms with Gasteiger partial charge in [-0.25, -0.2) is 14.8 Å². The Hall–Kier alpha value is -3.88. The summed E-state index contributed by atoms with van der Waals surface area (Å²) in [6.07, 6.45) is 5.08. The van der Waals surface area contributed by atoms with Gasteiger partial charge in [-0.05, 0) is 25.1 Å². The molecule has 0 aliphatic heterocycles. The minimum Gasteiger partial charge on any atom is -0.495 e. The molecule has 0 radical (unpaired) electrons. The molecule has 3 rings (SSSR count). The van der Waals surface area contributed by atoms with Crippen LogP contribution in [0.2, 0.25) is 0 Å². The van der Waals surface area contributed by atoms with Gasteiger partial charge in [0.15, 0.2) is 5.75 Å². The number of hydrogen-bond donors (Lipinski definition) is 2. The number of ether oxygens (including phenoxy) is 2. The number of benzene rings is 1. The molecule has 3 aromatic rings. The Balaban J connectivity index is 2.15. The maximum atomic E-state index is 12.5. The van der Waals surface area contributed by atoms with E-state index in [2.05, 4.69) is 15.3 Å². The number of anilines is 2. The lowest BCUT2D eigenvalue weighted by atomic mass is 10.1. The lowest BCUT2D eigenvalue weighted by Gasteiger charge is -2.14. The molecule has 2 aromatic heterocycles. The van der Waals surface area contributed by atoms with Gasteiger partial charge in [0.1, 0.15) is 11.3 Å². The number of allylic oxidation sites excluding steroid dienone is 1. The fourth-order valence-corrected chi connectivity index (χ4v) is 2.93. The second-order valence-corrected chi connectivity index (χ2v) is 6.08. The zero-order chi connectivity index (χ0) is 21.1. The molecule has 1 aromatic carbocycles. The summed E-state index contributed by atoms with van der Waals surface area (Å²) in [4.78, 5) is 32.5. The minimum atomic E-state index is -1.05. The van der Waals surface area contributed by atoms with Crippen molar-refractivity contribution in [2.75, 3.05) is 19.5 Å². The van der Waals surface area contributed by atoms with E-state index < -0.39 is 5.97 Å². The highest BCUT2D eigenvalue weighted by molar-refractivity contribution is 5.90. The maximum absolute atomic E-state index is 12.5. The van der Waals surface area contributed by atoms with Gasteiger partial charge in [0.05, 0.1) is 42.7 Å². The van der Waals surface area contributed by atoms with Crippen molar-refractivity contribution in [3.05, 3.63) is 52.0 Å². The van der Waals surface area contributed by atoms with E-state index in [4.69, 9.17) is 14.6 Å². The summed E-state index contributed by atoms with van der Waals surface area (Å²) in [7, 11) is 4.50. The number of pyridine rings is 1. The summed E-state index contributed by atoms with van der Waals surface area (Å²) in [6, 6.07) is 4.43. The average Bonchev–Trinajstić information content (AvgIpc) is 2.72. The van der Waals surface area contributed by atoms with Crippen LogP contribution in [0.15, 0.2) is 35.3 Å². The lowest BCUT2D eigenvalue weighted by molar-refractivity contribution is 0.0696. The molecule has 9 heteroatoms. The van der Waals surface area contributed by atoms with Gasteiger partial charge < -0.3 is 24.5 Å². The number of nitrogens with one attached hydrogen (secondary N) is 1. The highest BCUT2D eigenvalue weighted by atomic mass is 16.5. The predicted octanol–water partition coefficient (Wildman–Crippen LogP) is 2.82. The lowest BCUT2D eigenvalue weighted by Crippen LogP contribution is -2.21. The van der Waals surface area contributed by atoms with E-state index in [1.165, 1.54) is 37.1 Å². The maximum Gasteiger partial charge on any atom is 0.335 e. The van der Waals surface area contributed by atoms with Crippen molar-refractivity contribution in [2.24, 2.45) is 7.05 Å². The number of aromatic carboxylic acids is 1. The van der Waals surface area contributed by atoms with E-state index in [1.807, 2.05) is 6.92 Å². The van der Waals surface area contributed by atoms with Crippen LogP contribution in [0.3, 0.4) is 0 Å². The third kappa shape index (κ3) is 3.62. The van der Waals surface area contributed by atoms with Crippen molar-refractivity contribution in [3.8, 4) is 11.5 Å². The van der Waals surface area contributed by atoms with Crippen molar-refractivity contribution >= 4 is 34.7 Å². The summed E-state index contributed by atoms with van der Waals surface area (Å²) in [6.45, 7) is 1.83. The van der Waals surface area contributed by atoms with E-state index in [-0.39, 0.29) is 22.8 Å². The van der Waals surface area contributed by atoms with Crippen LogP contribution < -0.4 is 20.3 Å². The fourth-order valence-electron chi connectivity index (χ4n) is 2.93. The molecule has 0 unspecified atom stereocenters. The number of hydrogen-bond acceptors (Lipinski definition) is 7. The molecule has 0 amide bonds. The number of nitrogens with zero attached hydrogens (tertiary/aromatic N) is 3. The van der Waals surface area contributed by atoms with E-state index in [1.54, 1.807) is 25.3 Å². The quantitative estimate of drug-likeness (QED) is 0.653. The normalized spacial score (nSPS) is 11.0. The summed E-state index contributed by atoms with van der Waals surface area (Å²) >= 11 is 0. The monoisotopic (exact) mass is 396 g/mol. The Morgan fingerprint density at radius 3 is 2.66 bits per heavy atom. The number of fused-ring (bicyclic) bond motifs is 1. The second-order valence-electron chi connectivity index (χ2n) is 6.08. The molecule has 0 saturated heterocycles. The first-order valence-electron chi connectivity index (χ1n) is 8.66. The molecule has 2 heterocycles. The van der Waals surface area contributed by atoms with Crippen LogP contribution in [0, 0.1) is 0 Å². The Labute approximate surface area is 166 Å². The van der Waals surface area contributed by atoms with Crippen molar-refractivity contribution < 1.29 is 19.4 Å². The summed E-state index contributed by atoms with van der Waals surface area (Å²) in [5.74, 6) is -0.280. The summed E-state index contributed by atoms with van der Waals surface area (Å²) in [5.41, 5.74) is 1.93. The van der Waals surface area contributed by atoms with Crippen LogP contribution in [0.1, 0.15) is 22.8 Å². The Kier molecular flexibility index (Phi) is 5.49. The average molecular weight is 396 g/mol. The minimum absolute atomic E-state index is 0.0990. The molecule has 0 fully saturated rings. The van der Waals surface area contributed by atoms with Crippen LogP contribution in [0.4, 0.5) is 11.6 Å². The molecule has 2 N–H and O–H groups in total. The predicted molar refractivity (Wildman–Crippen MR) is 109 cm³/mol. The Morgan fingerprint density at radius 1 is 1.28 bits per heavy atom. The van der Waals surface area contributed by atoms with Crippen LogP contribution in [0.5, 0.6) is 11.5 Å². The number of carboxylic acid groups (broad SMARTS) is 1. The smallest absolute Gasteiger partial charge is 0.335 e. The third-order valence-electron chi connectivity index (χ3n) is 4.36. The zero-order valence-corrected chi connectivity index (χ0v) is 16.4. The summed E-state index contributed by atoms with van der Waals surface area (Å²) in [5, 5.41) is 12.2. The third-order valence-corrected chi connectivity index (χ3v) is 4.36. The number of carbonyl (C=O) groups is 1. The molecule has 0 aliphatic rings. The number of carboxylic acids is 1. The molecular weight excluding hydrogens is 376 g/mol. The molecule has 0 aliphatic carbocycles. The topological polar surface area (TPSA) is 116 Å². The van der Waals surface area contributed by atoms with Crippen molar-refractivity contribution in [1.29, 1.82) is 0 Å². The van der Waals surface area contributed by atoms with Gasteiger partial charge in [0.25, 0.3) is 5.56 Å². The van der Waals surface area contributed by atoms with Crippen molar-refractivity contribution in [2.45, 2.75) is 6.92 Å². The first kappa shape index (κ1) is 19.9. The zero-order valence-electron chi connectivity index (χ0n) is 16.4. The van der Waals surface area contributed by atoms with Gasteiger partial charge in [0, 0.05) is 7.05 Å². The van der Waals surface area contributed by atoms with Crippen molar-refractivity contribution in [3.63, 3.8) is 0 Å². The van der Waals surface area contributed by atoms with Gasteiger partial charge in [-0.1, -0.05) is 12.2 Å². The standard InChI is InChI=1S/C20H20N4O5/c1-5-6-12-16-14(24(2)18(25)17(12)29-4)10-21-20(23-16)22-13-8-7-11(19(26)27)9-15(13)28-3/h5-10H,1-4H3,(H,26,27)(H,21,22,23). The van der Waals surface area contributed by atoms with E-state index in [0.717, 1.165) is 0 Å². The molecule has 150 valence electrons. The van der Waals surface area contributed by atoms with Gasteiger partial charge in [-0.15, -0.1) is 0 Å². The molecule has 0 saturated carbocycles. The van der Waals surface area contributed by atoms with E-state index in [9.17, 15) is 9.59 Å². The van der Waals surface area contributed by atoms with E-state index >= 15 is 0 Å². The molecular formula is C20H20N4O5. The van der Waals surface area contributed by atoms with Gasteiger partial charge in [-0.3, -0.25) is 4.79 Å². The largest absolute Gasteiger partial charge is 0.495 e. The van der Waals surface area contributed by atoms with E-state index in [0.29, 0.717) is 28.0 Å². The SMILES string of the molecule is CC=Cc1c(OC)c(=O)n(C)c2cnc(Nc3ccc(C(=O)O)cc3OC)nc12. The number of rotatable bonds is 6. The Morgan fingerprint density at radius 2 is 2.03 bits per heavy atom. The number of methoxy groups -OCH3 is 2. The summed E-state index contributed by atoms with van der Waals surface area (Å²) < 4.78 is 12.0. The van der Waals surface area contributed by atoms with Crippen LogP contribution in [-0.2, 0) is 7.05 Å². The molecule has 0 bridgehead atoms. The molecule has 9 nitrogen and oxygen atoms in total. The van der Waals surface area contributed by atoms with Crippen LogP contribution >= 0.6 is 0 Å². The Bertz CT molecular complexity index is 1180. The number of aromatic nitrogens is 3. The van der Waals surface area contributed by atoms with Crippen LogP contribution in [-0.4, -0.2) is 39.8 Å². The van der Waals surface area contributed by atoms with Gasteiger partial charge >= 0.3 is 5.97 Å². The molecule has 0 spiro atoms. The fraction of sp³-hybridized carbons (Fsp3) is 0.200. The van der Waals surface area contributed by atoms with Gasteiger partial charge in [-0.2, -0.15) is 0 Å². The van der Waals surface area contributed by atoms with Crippen LogP contribution in [0.25, 0.3) is 17.1 Å². The second kappa shape index (κ2) is 8.01.